The maximum atomic E-state index is 14.3. The number of aryl methyl sites for hydroxylation is 1. The fraction of sp³-hybridized carbons (Fsp3) is 0.273. The molecule has 152 valence electrons. The lowest BCUT2D eigenvalue weighted by Crippen LogP contribution is -2.34. The van der Waals surface area contributed by atoms with Crippen molar-refractivity contribution < 1.29 is 27.5 Å². The van der Waals surface area contributed by atoms with Crippen molar-refractivity contribution in [2.45, 2.75) is 25.3 Å². The van der Waals surface area contributed by atoms with Crippen LogP contribution in [0.3, 0.4) is 0 Å². The van der Waals surface area contributed by atoms with Crippen molar-refractivity contribution in [1.82, 2.24) is 5.32 Å². The van der Waals surface area contributed by atoms with Crippen LogP contribution < -0.4 is 5.32 Å². The summed E-state index contributed by atoms with van der Waals surface area (Å²) in [6.07, 6.45) is 3.64. The van der Waals surface area contributed by atoms with Crippen molar-refractivity contribution in [1.29, 1.82) is 0 Å². The van der Waals surface area contributed by atoms with Crippen LogP contribution in [0.25, 0.3) is 0 Å². The van der Waals surface area contributed by atoms with Crippen LogP contribution in [0.15, 0.2) is 48.6 Å². The molecule has 1 aliphatic carbocycles. The van der Waals surface area contributed by atoms with Gasteiger partial charge < -0.3 is 10.1 Å². The molecule has 0 spiro atoms. The number of methoxy groups -OCH3 is 1. The summed E-state index contributed by atoms with van der Waals surface area (Å²) in [6, 6.07) is 7.95. The molecule has 0 aliphatic heterocycles. The second kappa shape index (κ2) is 8.51. The minimum atomic E-state index is -1.21. The molecular formula is C22H20F3NO3. The van der Waals surface area contributed by atoms with Crippen LogP contribution in [-0.4, -0.2) is 25.0 Å². The van der Waals surface area contributed by atoms with Gasteiger partial charge in [0.2, 0.25) is 0 Å². The summed E-state index contributed by atoms with van der Waals surface area (Å²) in [5.74, 6) is -5.47. The van der Waals surface area contributed by atoms with Gasteiger partial charge in [0.15, 0.2) is 11.6 Å². The first kappa shape index (κ1) is 20.6. The number of ether oxygens (including phenoxy) is 1. The summed E-state index contributed by atoms with van der Waals surface area (Å²) in [5.41, 5.74) is -0.0955. The van der Waals surface area contributed by atoms with Crippen LogP contribution in [0.1, 0.15) is 33.8 Å². The van der Waals surface area contributed by atoms with Crippen LogP contribution >= 0.6 is 0 Å². The summed E-state index contributed by atoms with van der Waals surface area (Å²) in [4.78, 5) is 24.7. The lowest BCUT2D eigenvalue weighted by atomic mass is 9.85. The molecule has 1 aliphatic rings. The van der Waals surface area contributed by atoms with E-state index in [1.54, 1.807) is 18.2 Å². The zero-order valence-corrected chi connectivity index (χ0v) is 15.9. The molecule has 0 radical (unpaired) electrons. The standard InChI is InChI=1S/C22H20F3NO3/c1-12-7-10-16(20(25)19(12)24)21(27)26-14-9-8-13(11-14)18(22(28)29-2)15-5-3-4-6-17(15)23/h3-10,13-14,18H,11H2,1-2H3,(H,26,27). The van der Waals surface area contributed by atoms with E-state index in [2.05, 4.69) is 5.32 Å². The smallest absolute Gasteiger partial charge is 0.313 e. The van der Waals surface area contributed by atoms with Gasteiger partial charge in [0, 0.05) is 11.6 Å². The number of amides is 1. The van der Waals surface area contributed by atoms with Crippen LogP contribution in [0.5, 0.6) is 0 Å². The van der Waals surface area contributed by atoms with Gasteiger partial charge in [-0.2, -0.15) is 0 Å². The third kappa shape index (κ3) is 4.18. The number of esters is 1. The fourth-order valence-electron chi connectivity index (χ4n) is 3.54. The van der Waals surface area contributed by atoms with E-state index in [-0.39, 0.29) is 17.5 Å². The minimum absolute atomic E-state index is 0.102. The largest absolute Gasteiger partial charge is 0.469 e. The highest BCUT2D eigenvalue weighted by Crippen LogP contribution is 2.35. The molecule has 0 saturated carbocycles. The van der Waals surface area contributed by atoms with Gasteiger partial charge in [0.05, 0.1) is 18.6 Å². The molecule has 0 aromatic heterocycles. The number of rotatable bonds is 5. The Hall–Kier alpha value is -3.09. The van der Waals surface area contributed by atoms with Gasteiger partial charge in [-0.15, -0.1) is 0 Å². The average molecular weight is 403 g/mol. The molecular weight excluding hydrogens is 383 g/mol. The summed E-state index contributed by atoms with van der Waals surface area (Å²) < 4.78 is 46.9. The van der Waals surface area contributed by atoms with Gasteiger partial charge in [0.25, 0.3) is 5.91 Å². The van der Waals surface area contributed by atoms with Crippen molar-refractivity contribution in [3.05, 3.63) is 82.7 Å². The van der Waals surface area contributed by atoms with E-state index in [9.17, 15) is 22.8 Å². The normalized spacial score (nSPS) is 19.1. The molecule has 29 heavy (non-hydrogen) atoms. The lowest BCUT2D eigenvalue weighted by Gasteiger charge is -2.22. The summed E-state index contributed by atoms with van der Waals surface area (Å²) in [7, 11) is 1.23. The third-order valence-corrected chi connectivity index (χ3v) is 5.08. The number of hydrogen-bond donors (Lipinski definition) is 1. The molecule has 0 fully saturated rings. The van der Waals surface area contributed by atoms with Crippen molar-refractivity contribution in [3.63, 3.8) is 0 Å². The molecule has 3 rings (SSSR count). The molecule has 4 nitrogen and oxygen atoms in total. The van der Waals surface area contributed by atoms with Gasteiger partial charge in [-0.25, -0.2) is 13.2 Å². The topological polar surface area (TPSA) is 55.4 Å². The quantitative estimate of drug-likeness (QED) is 0.606. The van der Waals surface area contributed by atoms with E-state index >= 15 is 0 Å². The highest BCUT2D eigenvalue weighted by Gasteiger charge is 2.35. The summed E-state index contributed by atoms with van der Waals surface area (Å²) >= 11 is 0. The van der Waals surface area contributed by atoms with Crippen molar-refractivity contribution >= 4 is 11.9 Å². The average Bonchev–Trinajstić information content (AvgIpc) is 3.15. The van der Waals surface area contributed by atoms with E-state index in [1.165, 1.54) is 44.4 Å². The van der Waals surface area contributed by atoms with Gasteiger partial charge in [-0.1, -0.05) is 36.4 Å². The number of carbonyl (C=O) groups is 2. The first-order valence-electron chi connectivity index (χ1n) is 9.09. The Kier molecular flexibility index (Phi) is 6.06. The van der Waals surface area contributed by atoms with Gasteiger partial charge >= 0.3 is 5.97 Å². The molecule has 3 unspecified atom stereocenters. The van der Waals surface area contributed by atoms with Gasteiger partial charge in [-0.3, -0.25) is 9.59 Å². The van der Waals surface area contributed by atoms with Crippen LogP contribution in [0, 0.1) is 30.3 Å². The number of nitrogens with one attached hydrogen (secondary N) is 1. The number of hydrogen-bond acceptors (Lipinski definition) is 3. The van der Waals surface area contributed by atoms with Gasteiger partial charge in [0.1, 0.15) is 5.82 Å². The molecule has 1 amide bonds. The van der Waals surface area contributed by atoms with Crippen LogP contribution in [0.4, 0.5) is 13.2 Å². The van der Waals surface area contributed by atoms with E-state index in [0.29, 0.717) is 0 Å². The highest BCUT2D eigenvalue weighted by atomic mass is 19.2. The van der Waals surface area contributed by atoms with Crippen LogP contribution in [-0.2, 0) is 9.53 Å². The second-order valence-electron chi connectivity index (χ2n) is 6.94. The molecule has 1 N–H and O–H groups in total. The lowest BCUT2D eigenvalue weighted by molar-refractivity contribution is -0.143. The highest BCUT2D eigenvalue weighted by molar-refractivity contribution is 5.95. The van der Waals surface area contributed by atoms with E-state index in [4.69, 9.17) is 4.74 Å². The van der Waals surface area contributed by atoms with Crippen LogP contribution in [0.2, 0.25) is 0 Å². The van der Waals surface area contributed by atoms with Crippen molar-refractivity contribution in [3.8, 4) is 0 Å². The molecule has 0 saturated heterocycles. The maximum Gasteiger partial charge on any atom is 0.313 e. The number of benzene rings is 2. The van der Waals surface area contributed by atoms with Crippen molar-refractivity contribution in [2.24, 2.45) is 5.92 Å². The zero-order chi connectivity index (χ0) is 21.1. The second-order valence-corrected chi connectivity index (χ2v) is 6.94. The minimum Gasteiger partial charge on any atom is -0.469 e. The molecule has 7 heteroatoms. The predicted molar refractivity (Wildman–Crippen MR) is 101 cm³/mol. The monoisotopic (exact) mass is 403 g/mol. The Labute approximate surface area is 166 Å². The SMILES string of the molecule is COC(=O)C(c1ccccc1F)C1C=CC(NC(=O)c2ccc(C)c(F)c2F)C1. The Balaban J connectivity index is 1.76. The van der Waals surface area contributed by atoms with E-state index < -0.39 is 52.8 Å². The molecule has 0 heterocycles. The first-order chi connectivity index (χ1) is 13.8. The first-order valence-corrected chi connectivity index (χ1v) is 9.09. The third-order valence-electron chi connectivity index (χ3n) is 5.08. The number of halogens is 3. The summed E-state index contributed by atoms with van der Waals surface area (Å²) in [6.45, 7) is 1.40. The zero-order valence-electron chi connectivity index (χ0n) is 15.9. The van der Waals surface area contributed by atoms with E-state index in [0.717, 1.165) is 0 Å². The molecule has 2 aromatic rings. The molecule has 2 aromatic carbocycles. The maximum absolute atomic E-state index is 14.3. The van der Waals surface area contributed by atoms with Gasteiger partial charge in [-0.05, 0) is 37.0 Å². The Morgan fingerprint density at radius 1 is 1.07 bits per heavy atom. The summed E-state index contributed by atoms with van der Waals surface area (Å²) in [5, 5.41) is 2.61. The van der Waals surface area contributed by atoms with E-state index in [1.807, 2.05) is 0 Å². The Morgan fingerprint density at radius 3 is 2.48 bits per heavy atom. The molecule has 0 bridgehead atoms. The molecule has 3 atom stereocenters. The number of carbonyl (C=O) groups excluding carboxylic acids is 2. The predicted octanol–water partition coefficient (Wildman–Crippen LogP) is 4.04. The van der Waals surface area contributed by atoms with Crippen molar-refractivity contribution in [2.75, 3.05) is 7.11 Å². The Morgan fingerprint density at radius 2 is 1.79 bits per heavy atom. The number of allylic oxidation sites excluding steroid dienone is 1. The fourth-order valence-corrected chi connectivity index (χ4v) is 3.54. The Bertz CT molecular complexity index is 974.